The molecular weight excluding hydrogens is 307 g/mol. The Hall–Kier alpha value is -1.72. The van der Waals surface area contributed by atoms with E-state index in [-0.39, 0.29) is 29.5 Å². The minimum Gasteiger partial charge on any atom is -0.373 e. The molecule has 0 spiro atoms. The SMILES string of the molecule is CC1CN(C(C)(C)CNC(=O)/C=C/c2cccc(F)c2)CC(C)O1. The molecule has 0 bridgehead atoms. The molecule has 0 saturated carbocycles. The van der Waals surface area contributed by atoms with Crippen molar-refractivity contribution in [1.82, 2.24) is 10.2 Å². The summed E-state index contributed by atoms with van der Waals surface area (Å²) in [5.74, 6) is -0.490. The predicted molar refractivity (Wildman–Crippen MR) is 94.1 cm³/mol. The van der Waals surface area contributed by atoms with Crippen LogP contribution >= 0.6 is 0 Å². The normalized spacial score (nSPS) is 22.7. The Balaban J connectivity index is 1.88. The summed E-state index contributed by atoms with van der Waals surface area (Å²) in [5, 5.41) is 2.93. The summed E-state index contributed by atoms with van der Waals surface area (Å²) in [6.45, 7) is 10.6. The third-order valence-electron chi connectivity index (χ3n) is 4.25. The van der Waals surface area contributed by atoms with Gasteiger partial charge >= 0.3 is 0 Å². The summed E-state index contributed by atoms with van der Waals surface area (Å²) in [6.07, 6.45) is 3.44. The standard InChI is InChI=1S/C19H27FN2O2/c1-14-11-22(12-15(2)24-14)19(3,4)13-21-18(23)9-8-16-6-5-7-17(20)10-16/h5-10,14-15H,11-13H2,1-4H3,(H,21,23)/b9-8+. The van der Waals surface area contributed by atoms with E-state index in [1.807, 2.05) is 0 Å². The molecule has 1 aliphatic rings. The van der Waals surface area contributed by atoms with Gasteiger partial charge in [-0.2, -0.15) is 0 Å². The van der Waals surface area contributed by atoms with E-state index >= 15 is 0 Å². The lowest BCUT2D eigenvalue weighted by Crippen LogP contribution is -2.58. The fourth-order valence-corrected chi connectivity index (χ4v) is 2.93. The number of amides is 1. The molecule has 0 radical (unpaired) electrons. The first-order valence-electron chi connectivity index (χ1n) is 8.38. The van der Waals surface area contributed by atoms with Gasteiger partial charge in [-0.05, 0) is 51.5 Å². The van der Waals surface area contributed by atoms with Crippen LogP contribution in [-0.2, 0) is 9.53 Å². The molecule has 1 saturated heterocycles. The third-order valence-corrected chi connectivity index (χ3v) is 4.25. The molecule has 1 heterocycles. The van der Waals surface area contributed by atoms with Crippen LogP contribution in [-0.4, -0.2) is 48.2 Å². The number of benzene rings is 1. The summed E-state index contributed by atoms with van der Waals surface area (Å²) in [5.41, 5.74) is 0.509. The zero-order chi connectivity index (χ0) is 17.7. The van der Waals surface area contributed by atoms with Crippen LogP contribution in [0.25, 0.3) is 6.08 Å². The van der Waals surface area contributed by atoms with Gasteiger partial charge < -0.3 is 10.1 Å². The van der Waals surface area contributed by atoms with Gasteiger partial charge in [-0.25, -0.2) is 4.39 Å². The molecular formula is C19H27FN2O2. The van der Waals surface area contributed by atoms with E-state index in [0.717, 1.165) is 13.1 Å². The Morgan fingerprint density at radius 1 is 1.38 bits per heavy atom. The molecule has 1 aromatic rings. The van der Waals surface area contributed by atoms with Crippen molar-refractivity contribution in [2.75, 3.05) is 19.6 Å². The van der Waals surface area contributed by atoms with E-state index in [4.69, 9.17) is 4.74 Å². The quantitative estimate of drug-likeness (QED) is 0.842. The van der Waals surface area contributed by atoms with Crippen molar-refractivity contribution < 1.29 is 13.9 Å². The lowest BCUT2D eigenvalue weighted by Gasteiger charge is -2.45. The molecule has 0 aliphatic carbocycles. The highest BCUT2D eigenvalue weighted by Gasteiger charge is 2.33. The molecule has 24 heavy (non-hydrogen) atoms. The van der Waals surface area contributed by atoms with E-state index in [1.54, 1.807) is 18.2 Å². The molecule has 2 unspecified atom stereocenters. The van der Waals surface area contributed by atoms with Crippen LogP contribution in [0.4, 0.5) is 4.39 Å². The fraction of sp³-hybridized carbons (Fsp3) is 0.526. The van der Waals surface area contributed by atoms with Gasteiger partial charge in [0.25, 0.3) is 0 Å². The first-order chi connectivity index (χ1) is 11.3. The topological polar surface area (TPSA) is 41.6 Å². The van der Waals surface area contributed by atoms with Crippen molar-refractivity contribution in [2.45, 2.75) is 45.4 Å². The van der Waals surface area contributed by atoms with Crippen LogP contribution < -0.4 is 5.32 Å². The number of carbonyl (C=O) groups is 1. The second-order valence-electron chi connectivity index (χ2n) is 7.08. The van der Waals surface area contributed by atoms with E-state index in [9.17, 15) is 9.18 Å². The lowest BCUT2D eigenvalue weighted by atomic mass is 10.00. The van der Waals surface area contributed by atoms with Gasteiger partial charge in [0.05, 0.1) is 12.2 Å². The molecule has 5 heteroatoms. The van der Waals surface area contributed by atoms with Gasteiger partial charge in [-0.3, -0.25) is 9.69 Å². The number of hydrogen-bond donors (Lipinski definition) is 1. The molecule has 4 nitrogen and oxygen atoms in total. The van der Waals surface area contributed by atoms with E-state index in [0.29, 0.717) is 12.1 Å². The van der Waals surface area contributed by atoms with Crippen LogP contribution in [0.2, 0.25) is 0 Å². The molecule has 1 N–H and O–H groups in total. The molecule has 1 fully saturated rings. The second kappa shape index (κ2) is 7.90. The molecule has 1 aliphatic heterocycles. The van der Waals surface area contributed by atoms with Crippen molar-refractivity contribution in [3.05, 3.63) is 41.7 Å². The lowest BCUT2D eigenvalue weighted by molar-refractivity contribution is -0.118. The minimum absolute atomic E-state index is 0.158. The smallest absolute Gasteiger partial charge is 0.244 e. The Morgan fingerprint density at radius 2 is 2.04 bits per heavy atom. The van der Waals surface area contributed by atoms with Crippen LogP contribution in [0.15, 0.2) is 30.3 Å². The molecule has 1 aromatic carbocycles. The molecule has 2 rings (SSSR count). The van der Waals surface area contributed by atoms with Gasteiger partial charge in [0, 0.05) is 31.2 Å². The summed E-state index contributed by atoms with van der Waals surface area (Å²) in [6, 6.07) is 6.15. The number of ether oxygens (including phenoxy) is 1. The van der Waals surface area contributed by atoms with E-state index in [1.165, 1.54) is 18.2 Å². The highest BCUT2D eigenvalue weighted by Crippen LogP contribution is 2.20. The maximum atomic E-state index is 13.1. The Bertz CT molecular complexity index is 591. The number of rotatable bonds is 5. The van der Waals surface area contributed by atoms with Crippen molar-refractivity contribution in [2.24, 2.45) is 0 Å². The van der Waals surface area contributed by atoms with Gasteiger partial charge in [0.1, 0.15) is 5.82 Å². The van der Waals surface area contributed by atoms with Crippen LogP contribution in [0, 0.1) is 5.82 Å². The maximum absolute atomic E-state index is 13.1. The van der Waals surface area contributed by atoms with Gasteiger partial charge in [0.2, 0.25) is 5.91 Å². The maximum Gasteiger partial charge on any atom is 0.244 e. The monoisotopic (exact) mass is 334 g/mol. The van der Waals surface area contributed by atoms with Crippen LogP contribution in [0.3, 0.4) is 0 Å². The summed E-state index contributed by atoms with van der Waals surface area (Å²) in [4.78, 5) is 14.4. The van der Waals surface area contributed by atoms with E-state index in [2.05, 4.69) is 37.9 Å². The fourth-order valence-electron chi connectivity index (χ4n) is 2.93. The number of halogens is 1. The Morgan fingerprint density at radius 3 is 2.67 bits per heavy atom. The predicted octanol–water partition coefficient (Wildman–Crippen LogP) is 2.84. The largest absolute Gasteiger partial charge is 0.373 e. The highest BCUT2D eigenvalue weighted by molar-refractivity contribution is 5.91. The zero-order valence-electron chi connectivity index (χ0n) is 14.9. The van der Waals surface area contributed by atoms with Crippen LogP contribution in [0.5, 0.6) is 0 Å². The summed E-state index contributed by atoms with van der Waals surface area (Å²) < 4.78 is 18.9. The van der Waals surface area contributed by atoms with Crippen LogP contribution in [0.1, 0.15) is 33.3 Å². The van der Waals surface area contributed by atoms with Gasteiger partial charge in [-0.1, -0.05) is 12.1 Å². The first kappa shape index (κ1) is 18.6. The van der Waals surface area contributed by atoms with Crippen molar-refractivity contribution in [3.8, 4) is 0 Å². The minimum atomic E-state index is -0.311. The molecule has 2 atom stereocenters. The number of morpholine rings is 1. The molecule has 0 aromatic heterocycles. The average molecular weight is 334 g/mol. The zero-order valence-corrected chi connectivity index (χ0v) is 14.9. The third kappa shape index (κ3) is 5.42. The number of hydrogen-bond acceptors (Lipinski definition) is 3. The highest BCUT2D eigenvalue weighted by atomic mass is 19.1. The average Bonchev–Trinajstić information content (AvgIpc) is 2.50. The van der Waals surface area contributed by atoms with Crippen molar-refractivity contribution >= 4 is 12.0 Å². The molecule has 132 valence electrons. The Kier molecular flexibility index (Phi) is 6.13. The Labute approximate surface area is 143 Å². The molecule has 1 amide bonds. The summed E-state index contributed by atoms with van der Waals surface area (Å²) >= 11 is 0. The number of nitrogens with zero attached hydrogens (tertiary/aromatic N) is 1. The number of carbonyl (C=O) groups excluding carboxylic acids is 1. The number of nitrogens with one attached hydrogen (secondary N) is 1. The first-order valence-corrected chi connectivity index (χ1v) is 8.38. The van der Waals surface area contributed by atoms with Crippen molar-refractivity contribution in [1.29, 1.82) is 0 Å². The summed E-state index contributed by atoms with van der Waals surface area (Å²) in [7, 11) is 0. The van der Waals surface area contributed by atoms with Crippen molar-refractivity contribution in [3.63, 3.8) is 0 Å². The second-order valence-corrected chi connectivity index (χ2v) is 7.08. The van der Waals surface area contributed by atoms with Gasteiger partial charge in [0.15, 0.2) is 0 Å². The van der Waals surface area contributed by atoms with E-state index < -0.39 is 0 Å². The van der Waals surface area contributed by atoms with Gasteiger partial charge in [-0.15, -0.1) is 0 Å².